The Balaban J connectivity index is 1.54. The molecule has 1 atom stereocenters. The number of aromatic nitrogens is 4. The summed E-state index contributed by atoms with van der Waals surface area (Å²) in [6.45, 7) is 3.36. The molecule has 144 valence electrons. The Morgan fingerprint density at radius 2 is 1.89 bits per heavy atom. The summed E-state index contributed by atoms with van der Waals surface area (Å²) >= 11 is 0. The number of nitrogens with zero attached hydrogens (tertiary/aromatic N) is 5. The lowest BCUT2D eigenvalue weighted by Crippen LogP contribution is -2.40. The number of carbonyl (C=O) groups is 1. The Labute approximate surface area is 164 Å². The van der Waals surface area contributed by atoms with E-state index in [2.05, 4.69) is 15.1 Å². The molecule has 1 aliphatic rings. The van der Waals surface area contributed by atoms with Gasteiger partial charge in [0.2, 0.25) is 5.88 Å². The minimum absolute atomic E-state index is 0.00501. The molecule has 1 fully saturated rings. The van der Waals surface area contributed by atoms with Crippen LogP contribution in [0.4, 0.5) is 0 Å². The molecule has 7 heteroatoms. The molecule has 0 spiro atoms. The van der Waals surface area contributed by atoms with Crippen LogP contribution in [0.1, 0.15) is 40.5 Å². The van der Waals surface area contributed by atoms with E-state index in [0.29, 0.717) is 18.1 Å². The standard InChI is InChI=1S/C21H23N5O2/c1-15-5-7-17(8-6-15)28-20-19(22-11-12-23-20)16-4-3-13-26(14-16)21(27)18-9-10-24-25(18)2/h5-12,16H,3-4,13-14H2,1-2H3/t16-/m0/s1. The summed E-state index contributed by atoms with van der Waals surface area (Å²) in [4.78, 5) is 23.7. The van der Waals surface area contributed by atoms with Crippen molar-refractivity contribution in [3.05, 3.63) is 65.9 Å². The fraction of sp³-hybridized carbons (Fsp3) is 0.333. The van der Waals surface area contributed by atoms with E-state index >= 15 is 0 Å². The number of likely N-dealkylation sites (tertiary alicyclic amines) is 1. The summed E-state index contributed by atoms with van der Waals surface area (Å²) in [6, 6.07) is 9.60. The van der Waals surface area contributed by atoms with Crippen LogP contribution < -0.4 is 4.74 Å². The maximum Gasteiger partial charge on any atom is 0.272 e. The highest BCUT2D eigenvalue weighted by atomic mass is 16.5. The van der Waals surface area contributed by atoms with Gasteiger partial charge >= 0.3 is 0 Å². The first kappa shape index (κ1) is 18.2. The molecular weight excluding hydrogens is 354 g/mol. The molecule has 7 nitrogen and oxygen atoms in total. The van der Waals surface area contributed by atoms with Gasteiger partial charge in [-0.1, -0.05) is 17.7 Å². The lowest BCUT2D eigenvalue weighted by atomic mass is 9.94. The Kier molecular flexibility index (Phi) is 5.06. The molecule has 28 heavy (non-hydrogen) atoms. The average molecular weight is 377 g/mol. The van der Waals surface area contributed by atoms with Crippen LogP contribution >= 0.6 is 0 Å². The first-order chi connectivity index (χ1) is 13.6. The van der Waals surface area contributed by atoms with E-state index in [-0.39, 0.29) is 11.8 Å². The highest BCUT2D eigenvalue weighted by Crippen LogP contribution is 2.33. The lowest BCUT2D eigenvalue weighted by Gasteiger charge is -2.32. The van der Waals surface area contributed by atoms with Crippen LogP contribution in [-0.4, -0.2) is 43.6 Å². The van der Waals surface area contributed by atoms with Crippen LogP contribution in [0.5, 0.6) is 11.6 Å². The quantitative estimate of drug-likeness (QED) is 0.697. The molecule has 1 aromatic carbocycles. The van der Waals surface area contributed by atoms with Crippen molar-refractivity contribution in [1.82, 2.24) is 24.6 Å². The maximum absolute atomic E-state index is 12.9. The fourth-order valence-corrected chi connectivity index (χ4v) is 3.54. The van der Waals surface area contributed by atoms with Gasteiger partial charge in [0.15, 0.2) is 0 Å². The summed E-state index contributed by atoms with van der Waals surface area (Å²) in [7, 11) is 1.78. The molecule has 0 aliphatic carbocycles. The number of carbonyl (C=O) groups excluding carboxylic acids is 1. The number of hydrogen-bond acceptors (Lipinski definition) is 5. The van der Waals surface area contributed by atoms with E-state index < -0.39 is 0 Å². The minimum atomic E-state index is -0.00501. The highest BCUT2D eigenvalue weighted by Gasteiger charge is 2.29. The first-order valence-corrected chi connectivity index (χ1v) is 9.44. The van der Waals surface area contributed by atoms with Gasteiger partial charge in [-0.3, -0.25) is 14.5 Å². The molecule has 1 aliphatic heterocycles. The van der Waals surface area contributed by atoms with Crippen LogP contribution in [0, 0.1) is 6.92 Å². The van der Waals surface area contributed by atoms with E-state index in [9.17, 15) is 4.79 Å². The molecule has 0 bridgehead atoms. The Morgan fingerprint density at radius 1 is 1.11 bits per heavy atom. The maximum atomic E-state index is 12.9. The van der Waals surface area contributed by atoms with E-state index in [0.717, 1.165) is 30.8 Å². The lowest BCUT2D eigenvalue weighted by molar-refractivity contribution is 0.0693. The van der Waals surface area contributed by atoms with Gasteiger partial charge in [-0.05, 0) is 38.0 Å². The zero-order valence-electron chi connectivity index (χ0n) is 16.1. The van der Waals surface area contributed by atoms with E-state index in [4.69, 9.17) is 4.74 Å². The Morgan fingerprint density at radius 3 is 2.64 bits per heavy atom. The molecule has 2 aromatic heterocycles. The predicted octanol–water partition coefficient (Wildman–Crippen LogP) is 3.33. The number of rotatable bonds is 4. The molecule has 4 rings (SSSR count). The number of aryl methyl sites for hydroxylation is 2. The van der Waals surface area contributed by atoms with Crippen molar-refractivity contribution < 1.29 is 9.53 Å². The SMILES string of the molecule is Cc1ccc(Oc2nccnc2[C@H]2CCCN(C(=O)c3ccnn3C)C2)cc1. The molecule has 0 saturated carbocycles. The molecule has 3 heterocycles. The zero-order valence-corrected chi connectivity index (χ0v) is 16.1. The second-order valence-electron chi connectivity index (χ2n) is 7.09. The smallest absolute Gasteiger partial charge is 0.272 e. The van der Waals surface area contributed by atoms with Gasteiger partial charge in [-0.15, -0.1) is 0 Å². The first-order valence-electron chi connectivity index (χ1n) is 9.44. The predicted molar refractivity (Wildman–Crippen MR) is 104 cm³/mol. The van der Waals surface area contributed by atoms with Gasteiger partial charge < -0.3 is 9.64 Å². The molecule has 0 N–H and O–H groups in total. The molecule has 1 saturated heterocycles. The fourth-order valence-electron chi connectivity index (χ4n) is 3.54. The normalized spacial score (nSPS) is 16.8. The molecular formula is C21H23N5O2. The Bertz CT molecular complexity index is 967. The molecule has 3 aromatic rings. The minimum Gasteiger partial charge on any atom is -0.437 e. The third-order valence-electron chi connectivity index (χ3n) is 5.06. The van der Waals surface area contributed by atoms with Crippen molar-refractivity contribution in [2.75, 3.05) is 13.1 Å². The van der Waals surface area contributed by atoms with E-state index in [1.54, 1.807) is 36.4 Å². The van der Waals surface area contributed by atoms with Crippen molar-refractivity contribution >= 4 is 5.91 Å². The van der Waals surface area contributed by atoms with Gasteiger partial charge in [-0.2, -0.15) is 5.10 Å². The van der Waals surface area contributed by atoms with E-state index in [1.165, 1.54) is 5.56 Å². The number of benzene rings is 1. The average Bonchev–Trinajstić information content (AvgIpc) is 3.15. The summed E-state index contributed by atoms with van der Waals surface area (Å²) < 4.78 is 7.62. The van der Waals surface area contributed by atoms with Crippen LogP contribution in [0.15, 0.2) is 48.9 Å². The van der Waals surface area contributed by atoms with Gasteiger partial charge in [0.1, 0.15) is 17.1 Å². The number of piperidine rings is 1. The number of amides is 1. The van der Waals surface area contributed by atoms with Gasteiger partial charge in [-0.25, -0.2) is 4.98 Å². The number of ether oxygens (including phenoxy) is 1. The van der Waals surface area contributed by atoms with Crippen molar-refractivity contribution in [3.8, 4) is 11.6 Å². The van der Waals surface area contributed by atoms with Crippen molar-refractivity contribution in [1.29, 1.82) is 0 Å². The second-order valence-corrected chi connectivity index (χ2v) is 7.09. The van der Waals surface area contributed by atoms with Crippen molar-refractivity contribution in [2.24, 2.45) is 7.05 Å². The zero-order chi connectivity index (χ0) is 19.5. The van der Waals surface area contributed by atoms with Crippen LogP contribution in [0.3, 0.4) is 0 Å². The summed E-state index contributed by atoms with van der Waals surface area (Å²) in [6.07, 6.45) is 6.81. The third-order valence-corrected chi connectivity index (χ3v) is 5.06. The molecule has 0 unspecified atom stereocenters. The third kappa shape index (κ3) is 3.74. The van der Waals surface area contributed by atoms with E-state index in [1.807, 2.05) is 36.1 Å². The van der Waals surface area contributed by atoms with Crippen molar-refractivity contribution in [2.45, 2.75) is 25.7 Å². The number of hydrogen-bond donors (Lipinski definition) is 0. The van der Waals surface area contributed by atoms with Gasteiger partial charge in [0.05, 0.1) is 0 Å². The molecule has 1 amide bonds. The summed E-state index contributed by atoms with van der Waals surface area (Å²) in [5.41, 5.74) is 2.56. The summed E-state index contributed by atoms with van der Waals surface area (Å²) in [5.74, 6) is 1.31. The van der Waals surface area contributed by atoms with Crippen LogP contribution in [0.25, 0.3) is 0 Å². The monoisotopic (exact) mass is 377 g/mol. The topological polar surface area (TPSA) is 73.1 Å². The second kappa shape index (κ2) is 7.80. The molecule has 0 radical (unpaired) electrons. The highest BCUT2D eigenvalue weighted by molar-refractivity contribution is 5.92. The van der Waals surface area contributed by atoms with Crippen LogP contribution in [-0.2, 0) is 7.05 Å². The van der Waals surface area contributed by atoms with Gasteiger partial charge in [0.25, 0.3) is 5.91 Å². The summed E-state index contributed by atoms with van der Waals surface area (Å²) in [5, 5.41) is 4.10. The van der Waals surface area contributed by atoms with Crippen LogP contribution in [0.2, 0.25) is 0 Å². The largest absolute Gasteiger partial charge is 0.437 e. The van der Waals surface area contributed by atoms with Gasteiger partial charge in [0, 0.05) is 44.6 Å². The Hall–Kier alpha value is -3.22. The van der Waals surface area contributed by atoms with Crippen molar-refractivity contribution in [3.63, 3.8) is 0 Å².